The summed E-state index contributed by atoms with van der Waals surface area (Å²) in [5.74, 6) is -1.33. The molecule has 4 nitrogen and oxygen atoms in total. The van der Waals surface area contributed by atoms with Gasteiger partial charge in [0.1, 0.15) is 12.1 Å². The third-order valence-corrected chi connectivity index (χ3v) is 3.03. The number of ether oxygens (including phenoxy) is 1. The van der Waals surface area contributed by atoms with Crippen LogP contribution in [0.15, 0.2) is 11.6 Å². The molecule has 0 fully saturated rings. The molecule has 0 aliphatic carbocycles. The number of aromatic nitrogens is 1. The van der Waals surface area contributed by atoms with Gasteiger partial charge in [-0.15, -0.1) is 0 Å². The third-order valence-electron chi connectivity index (χ3n) is 3.03. The Morgan fingerprint density at radius 2 is 1.90 bits per heavy atom. The van der Waals surface area contributed by atoms with Crippen molar-refractivity contribution in [3.8, 4) is 0 Å². The van der Waals surface area contributed by atoms with Crippen molar-refractivity contribution in [2.24, 2.45) is 0 Å². The summed E-state index contributed by atoms with van der Waals surface area (Å²) < 4.78 is 43.1. The number of alkyl halides is 3. The summed E-state index contributed by atoms with van der Waals surface area (Å²) in [6.07, 6.45) is -3.09. The maximum Gasteiger partial charge on any atom is 0.406 e. The first kappa shape index (κ1) is 17.0. The average Bonchev–Trinajstić information content (AvgIpc) is 2.60. The second-order valence-electron chi connectivity index (χ2n) is 4.63. The van der Waals surface area contributed by atoms with Gasteiger partial charge in [0, 0.05) is 11.4 Å². The van der Waals surface area contributed by atoms with Crippen LogP contribution >= 0.6 is 0 Å². The van der Waals surface area contributed by atoms with Crippen LogP contribution in [-0.2, 0) is 20.9 Å². The van der Waals surface area contributed by atoms with E-state index in [2.05, 4.69) is 4.74 Å². The second kappa shape index (κ2) is 6.15. The number of hydrogen-bond donors (Lipinski definition) is 0. The van der Waals surface area contributed by atoms with Gasteiger partial charge in [0.25, 0.3) is 0 Å². The maximum atomic E-state index is 12.5. The van der Waals surface area contributed by atoms with E-state index in [1.54, 1.807) is 0 Å². The number of hydrogen-bond acceptors (Lipinski definition) is 3. The highest BCUT2D eigenvalue weighted by molar-refractivity contribution is 6.19. The summed E-state index contributed by atoms with van der Waals surface area (Å²) in [6, 6.07) is 1.49. The second-order valence-corrected chi connectivity index (χ2v) is 4.63. The van der Waals surface area contributed by atoms with Crippen molar-refractivity contribution in [3.63, 3.8) is 0 Å². The van der Waals surface area contributed by atoms with Crippen molar-refractivity contribution in [2.75, 3.05) is 7.11 Å². The van der Waals surface area contributed by atoms with E-state index in [-0.39, 0.29) is 5.57 Å². The van der Waals surface area contributed by atoms with Crippen molar-refractivity contribution in [2.45, 2.75) is 33.5 Å². The van der Waals surface area contributed by atoms with E-state index in [9.17, 15) is 22.8 Å². The van der Waals surface area contributed by atoms with E-state index in [1.165, 1.54) is 32.9 Å². The number of esters is 1. The molecular formula is C14H16F3NO3. The van der Waals surface area contributed by atoms with Gasteiger partial charge in [-0.2, -0.15) is 13.2 Å². The number of rotatable bonds is 4. The summed E-state index contributed by atoms with van der Waals surface area (Å²) in [5, 5.41) is 0. The smallest absolute Gasteiger partial charge is 0.406 e. The molecule has 0 atom stereocenters. The maximum absolute atomic E-state index is 12.5. The number of methoxy groups -OCH3 is 1. The van der Waals surface area contributed by atoms with Gasteiger partial charge in [0.05, 0.1) is 7.11 Å². The van der Waals surface area contributed by atoms with Crippen LogP contribution < -0.4 is 0 Å². The van der Waals surface area contributed by atoms with Crippen LogP contribution in [0.25, 0.3) is 6.08 Å². The molecule has 0 saturated heterocycles. The fraction of sp³-hybridized carbons (Fsp3) is 0.429. The van der Waals surface area contributed by atoms with Crippen LogP contribution in [0, 0.1) is 13.8 Å². The number of ketones is 1. The molecule has 0 aliphatic heterocycles. The van der Waals surface area contributed by atoms with Crippen molar-refractivity contribution >= 4 is 17.8 Å². The minimum atomic E-state index is -4.35. The van der Waals surface area contributed by atoms with Gasteiger partial charge in [0.15, 0.2) is 5.78 Å². The van der Waals surface area contributed by atoms with Crippen LogP contribution in [0.1, 0.15) is 23.9 Å². The predicted molar refractivity (Wildman–Crippen MR) is 70.6 cm³/mol. The molecule has 0 spiro atoms. The lowest BCUT2D eigenvalue weighted by molar-refractivity contribution is -0.141. The lowest BCUT2D eigenvalue weighted by Gasteiger charge is -2.12. The SMILES string of the molecule is COC(=O)C(=Cc1cc(C)n(CC(F)(F)F)c1C)C(C)=O. The van der Waals surface area contributed by atoms with Crippen LogP contribution in [0.3, 0.4) is 0 Å². The van der Waals surface area contributed by atoms with E-state index in [0.717, 1.165) is 11.7 Å². The number of halogens is 3. The molecule has 1 rings (SSSR count). The molecule has 0 amide bonds. The minimum Gasteiger partial charge on any atom is -0.465 e. The van der Waals surface area contributed by atoms with Gasteiger partial charge in [-0.1, -0.05) is 0 Å². The molecule has 116 valence electrons. The minimum absolute atomic E-state index is 0.204. The van der Waals surface area contributed by atoms with Gasteiger partial charge in [-0.05, 0) is 38.5 Å². The highest BCUT2D eigenvalue weighted by Gasteiger charge is 2.29. The van der Waals surface area contributed by atoms with Crippen molar-refractivity contribution in [1.29, 1.82) is 0 Å². The van der Waals surface area contributed by atoms with Crippen LogP contribution in [0.2, 0.25) is 0 Å². The zero-order valence-electron chi connectivity index (χ0n) is 12.2. The first-order valence-electron chi connectivity index (χ1n) is 6.11. The van der Waals surface area contributed by atoms with Crippen molar-refractivity contribution in [3.05, 3.63) is 28.6 Å². The molecule has 1 heterocycles. The van der Waals surface area contributed by atoms with E-state index < -0.39 is 24.5 Å². The van der Waals surface area contributed by atoms with Crippen molar-refractivity contribution < 1.29 is 27.5 Å². The largest absolute Gasteiger partial charge is 0.465 e. The number of carbonyl (C=O) groups excluding carboxylic acids is 2. The first-order chi connectivity index (χ1) is 9.56. The Kier molecular flexibility index (Phi) is 4.98. The third kappa shape index (κ3) is 4.21. The molecule has 0 N–H and O–H groups in total. The number of aryl methyl sites for hydroxylation is 1. The van der Waals surface area contributed by atoms with Gasteiger partial charge < -0.3 is 9.30 Å². The zero-order valence-corrected chi connectivity index (χ0v) is 12.2. The number of Topliss-reactive ketones (excluding diaryl/α,β-unsaturated/α-hetero) is 1. The van der Waals surface area contributed by atoms with Crippen LogP contribution in [0.4, 0.5) is 13.2 Å². The Bertz CT molecular complexity index is 597. The topological polar surface area (TPSA) is 48.3 Å². The molecule has 21 heavy (non-hydrogen) atoms. The molecule has 0 saturated carbocycles. The first-order valence-corrected chi connectivity index (χ1v) is 6.11. The Morgan fingerprint density at radius 1 is 1.33 bits per heavy atom. The highest BCUT2D eigenvalue weighted by Crippen LogP contribution is 2.24. The zero-order chi connectivity index (χ0) is 16.4. The molecule has 7 heteroatoms. The average molecular weight is 303 g/mol. The molecular weight excluding hydrogens is 287 g/mol. The molecule has 1 aromatic rings. The highest BCUT2D eigenvalue weighted by atomic mass is 19.4. The molecule has 0 aromatic carbocycles. The number of carbonyl (C=O) groups is 2. The Balaban J connectivity index is 3.29. The normalized spacial score (nSPS) is 12.4. The monoisotopic (exact) mass is 303 g/mol. The van der Waals surface area contributed by atoms with E-state index in [1.807, 2.05) is 0 Å². The molecule has 1 aromatic heterocycles. The summed E-state index contributed by atoms with van der Waals surface area (Å²) in [7, 11) is 1.13. The number of nitrogens with zero attached hydrogens (tertiary/aromatic N) is 1. The van der Waals surface area contributed by atoms with Crippen LogP contribution in [-0.4, -0.2) is 29.6 Å². The Labute approximate surface area is 120 Å². The Morgan fingerprint density at radius 3 is 2.33 bits per heavy atom. The molecule has 0 unspecified atom stereocenters. The quantitative estimate of drug-likeness (QED) is 0.372. The van der Waals surface area contributed by atoms with Gasteiger partial charge in [0.2, 0.25) is 0 Å². The fourth-order valence-corrected chi connectivity index (χ4v) is 1.97. The standard InChI is InChI=1S/C14H16F3NO3/c1-8-5-11(6-12(10(3)19)13(20)21-4)9(2)18(8)7-14(15,16)17/h5-6H,7H2,1-4H3. The summed E-state index contributed by atoms with van der Waals surface area (Å²) in [6.45, 7) is 3.10. The predicted octanol–water partition coefficient (Wildman–Crippen LogP) is 2.81. The van der Waals surface area contributed by atoms with Crippen LogP contribution in [0.5, 0.6) is 0 Å². The summed E-state index contributed by atoms with van der Waals surface area (Å²) >= 11 is 0. The van der Waals surface area contributed by atoms with Gasteiger partial charge >= 0.3 is 12.1 Å². The molecule has 0 bridgehead atoms. The molecule has 0 radical (unpaired) electrons. The van der Waals surface area contributed by atoms with Gasteiger partial charge in [-0.3, -0.25) is 4.79 Å². The van der Waals surface area contributed by atoms with Crippen molar-refractivity contribution in [1.82, 2.24) is 4.57 Å². The van der Waals surface area contributed by atoms with Gasteiger partial charge in [-0.25, -0.2) is 4.79 Å². The lowest BCUT2D eigenvalue weighted by Crippen LogP contribution is -2.19. The summed E-state index contributed by atoms with van der Waals surface area (Å²) in [5.41, 5.74) is 0.897. The van der Waals surface area contributed by atoms with E-state index >= 15 is 0 Å². The van der Waals surface area contributed by atoms with E-state index in [4.69, 9.17) is 0 Å². The fourth-order valence-electron chi connectivity index (χ4n) is 1.97. The molecule has 0 aliphatic rings. The summed E-state index contributed by atoms with van der Waals surface area (Å²) in [4.78, 5) is 22.9. The lowest BCUT2D eigenvalue weighted by atomic mass is 10.1. The van der Waals surface area contributed by atoms with E-state index in [0.29, 0.717) is 17.0 Å². The Hall–Kier alpha value is -2.05.